The molecule has 1 atom stereocenters. The Bertz CT molecular complexity index is 866. The Kier molecular flexibility index (Phi) is 4.55. The van der Waals surface area contributed by atoms with E-state index in [9.17, 15) is 0 Å². The first-order chi connectivity index (χ1) is 12.6. The molecule has 1 saturated heterocycles. The van der Waals surface area contributed by atoms with Gasteiger partial charge in [-0.05, 0) is 52.3 Å². The summed E-state index contributed by atoms with van der Waals surface area (Å²) in [5, 5.41) is 11.2. The second-order valence-corrected chi connectivity index (χ2v) is 7.02. The third-order valence-corrected chi connectivity index (χ3v) is 5.00. The van der Waals surface area contributed by atoms with Gasteiger partial charge in [0.05, 0.1) is 23.0 Å². The second-order valence-electron chi connectivity index (χ2n) is 7.02. The summed E-state index contributed by atoms with van der Waals surface area (Å²) in [5.41, 5.74) is 4.83. The van der Waals surface area contributed by atoms with Crippen LogP contribution in [0.4, 0.5) is 0 Å². The summed E-state index contributed by atoms with van der Waals surface area (Å²) >= 11 is 0. The van der Waals surface area contributed by atoms with E-state index in [2.05, 4.69) is 20.3 Å². The van der Waals surface area contributed by atoms with Gasteiger partial charge in [0.1, 0.15) is 11.6 Å². The molecule has 0 aliphatic carbocycles. The van der Waals surface area contributed by atoms with Crippen LogP contribution in [0.25, 0.3) is 11.3 Å². The molecule has 0 radical (unpaired) electrons. The molecule has 4 rings (SSSR count). The summed E-state index contributed by atoms with van der Waals surface area (Å²) in [4.78, 5) is 12.1. The molecule has 1 fully saturated rings. The van der Waals surface area contributed by atoms with E-state index < -0.39 is 0 Å². The molecule has 0 bridgehead atoms. The number of aromatic amines is 1. The van der Waals surface area contributed by atoms with Crippen molar-refractivity contribution in [3.8, 4) is 11.3 Å². The van der Waals surface area contributed by atoms with Crippen molar-refractivity contribution < 1.29 is 4.52 Å². The average Bonchev–Trinajstić information content (AvgIpc) is 3.24. The van der Waals surface area contributed by atoms with Gasteiger partial charge in [-0.1, -0.05) is 11.6 Å². The summed E-state index contributed by atoms with van der Waals surface area (Å²) in [6.07, 6.45) is 5.26. The highest BCUT2D eigenvalue weighted by atomic mass is 16.5. The fraction of sp³-hybridized carbons (Fsp3) is 0.474. The Morgan fingerprint density at radius 2 is 2.12 bits per heavy atom. The molecule has 0 saturated carbocycles. The van der Waals surface area contributed by atoms with Crippen LogP contribution < -0.4 is 0 Å². The molecule has 3 aromatic rings. The topological polar surface area (TPSA) is 83.7 Å². The predicted octanol–water partition coefficient (Wildman–Crippen LogP) is 3.51. The molecule has 0 spiro atoms. The summed E-state index contributed by atoms with van der Waals surface area (Å²) in [5.74, 6) is 1.68. The Balaban J connectivity index is 1.69. The normalized spacial score (nSPS) is 18.3. The van der Waals surface area contributed by atoms with Gasteiger partial charge in [0, 0.05) is 24.1 Å². The number of nitrogens with zero attached hydrogens (tertiary/aromatic N) is 5. The molecule has 7 heteroatoms. The van der Waals surface area contributed by atoms with Gasteiger partial charge in [0.2, 0.25) is 0 Å². The Morgan fingerprint density at radius 3 is 2.85 bits per heavy atom. The smallest absolute Gasteiger partial charge is 0.146 e. The maximum absolute atomic E-state index is 5.33. The van der Waals surface area contributed by atoms with Crippen LogP contribution in [-0.2, 0) is 6.54 Å². The van der Waals surface area contributed by atoms with E-state index in [1.165, 1.54) is 12.8 Å². The molecule has 0 amide bonds. The summed E-state index contributed by atoms with van der Waals surface area (Å²) in [7, 11) is 0. The molecule has 1 aliphatic rings. The van der Waals surface area contributed by atoms with Gasteiger partial charge < -0.3 is 4.52 Å². The highest BCUT2D eigenvalue weighted by molar-refractivity contribution is 5.63. The van der Waals surface area contributed by atoms with Crippen molar-refractivity contribution in [3.63, 3.8) is 0 Å². The van der Waals surface area contributed by atoms with E-state index in [-0.39, 0.29) is 6.04 Å². The molecule has 3 aromatic heterocycles. The zero-order valence-electron chi connectivity index (χ0n) is 15.5. The van der Waals surface area contributed by atoms with E-state index in [1.807, 2.05) is 32.9 Å². The third-order valence-electron chi connectivity index (χ3n) is 5.00. The van der Waals surface area contributed by atoms with Crippen LogP contribution >= 0.6 is 0 Å². The number of rotatable bonds is 4. The van der Waals surface area contributed by atoms with Crippen LogP contribution in [0.3, 0.4) is 0 Å². The summed E-state index contributed by atoms with van der Waals surface area (Å²) in [6, 6.07) is 4.25. The van der Waals surface area contributed by atoms with Crippen molar-refractivity contribution in [3.05, 3.63) is 47.0 Å². The zero-order valence-corrected chi connectivity index (χ0v) is 15.5. The maximum Gasteiger partial charge on any atom is 0.146 e. The van der Waals surface area contributed by atoms with E-state index in [0.29, 0.717) is 0 Å². The van der Waals surface area contributed by atoms with Crippen LogP contribution in [0.5, 0.6) is 0 Å². The standard InChI is InChI=1S/C19H24N6O/c1-12-10-16(18-13(2)24-26-14(18)3)22-19(21-12)17-6-4-5-9-25(17)11-15-7-8-20-23-15/h7-8,10,17H,4-6,9,11H2,1-3H3,(H,20,23)/t17-/m0/s1. The minimum absolute atomic E-state index is 0.214. The largest absolute Gasteiger partial charge is 0.361 e. The van der Waals surface area contributed by atoms with Crippen LogP contribution in [0.1, 0.15) is 54.0 Å². The molecule has 1 N–H and O–H groups in total. The molecule has 0 aromatic carbocycles. The zero-order chi connectivity index (χ0) is 18.1. The van der Waals surface area contributed by atoms with Crippen LogP contribution in [0, 0.1) is 20.8 Å². The first kappa shape index (κ1) is 16.9. The maximum atomic E-state index is 5.33. The molecule has 136 valence electrons. The molecule has 26 heavy (non-hydrogen) atoms. The number of H-pyrrole nitrogens is 1. The highest BCUT2D eigenvalue weighted by Crippen LogP contribution is 2.32. The van der Waals surface area contributed by atoms with Gasteiger partial charge in [-0.25, -0.2) is 9.97 Å². The molecular weight excluding hydrogens is 328 g/mol. The summed E-state index contributed by atoms with van der Waals surface area (Å²) < 4.78 is 5.33. The summed E-state index contributed by atoms with van der Waals surface area (Å²) in [6.45, 7) is 7.78. The van der Waals surface area contributed by atoms with Crippen molar-refractivity contribution >= 4 is 0 Å². The third kappa shape index (κ3) is 3.26. The minimum atomic E-state index is 0.214. The number of nitrogens with one attached hydrogen (secondary N) is 1. The average molecular weight is 352 g/mol. The second kappa shape index (κ2) is 6.99. The quantitative estimate of drug-likeness (QED) is 0.773. The lowest BCUT2D eigenvalue weighted by molar-refractivity contribution is 0.132. The Morgan fingerprint density at radius 1 is 1.23 bits per heavy atom. The van der Waals surface area contributed by atoms with Gasteiger partial charge in [0.25, 0.3) is 0 Å². The fourth-order valence-corrected chi connectivity index (χ4v) is 3.78. The molecular formula is C19H24N6O. The van der Waals surface area contributed by atoms with Gasteiger partial charge in [-0.15, -0.1) is 0 Å². The van der Waals surface area contributed by atoms with Crippen molar-refractivity contribution in [1.82, 2.24) is 30.2 Å². The number of piperidine rings is 1. The molecule has 1 aliphatic heterocycles. The van der Waals surface area contributed by atoms with E-state index >= 15 is 0 Å². The van der Waals surface area contributed by atoms with Crippen LogP contribution in [0.2, 0.25) is 0 Å². The van der Waals surface area contributed by atoms with Crippen LogP contribution in [0.15, 0.2) is 22.9 Å². The van der Waals surface area contributed by atoms with Crippen molar-refractivity contribution in [2.75, 3.05) is 6.54 Å². The highest BCUT2D eigenvalue weighted by Gasteiger charge is 2.27. The number of aryl methyl sites for hydroxylation is 3. The minimum Gasteiger partial charge on any atom is -0.361 e. The van der Waals surface area contributed by atoms with Gasteiger partial charge in [0.15, 0.2) is 0 Å². The number of aromatic nitrogens is 5. The predicted molar refractivity (Wildman–Crippen MR) is 97.3 cm³/mol. The first-order valence-corrected chi connectivity index (χ1v) is 9.13. The first-order valence-electron chi connectivity index (χ1n) is 9.13. The van der Waals surface area contributed by atoms with Crippen molar-refractivity contribution in [1.29, 1.82) is 0 Å². The van der Waals surface area contributed by atoms with E-state index in [4.69, 9.17) is 14.5 Å². The lowest BCUT2D eigenvalue weighted by Gasteiger charge is -2.34. The number of hydrogen-bond donors (Lipinski definition) is 1. The lowest BCUT2D eigenvalue weighted by Crippen LogP contribution is -2.34. The van der Waals surface area contributed by atoms with Gasteiger partial charge in [-0.3, -0.25) is 10.00 Å². The lowest BCUT2D eigenvalue weighted by atomic mass is 10.0. The van der Waals surface area contributed by atoms with E-state index in [1.54, 1.807) is 6.20 Å². The number of hydrogen-bond acceptors (Lipinski definition) is 6. The van der Waals surface area contributed by atoms with Crippen molar-refractivity contribution in [2.45, 2.75) is 52.6 Å². The molecule has 7 nitrogen and oxygen atoms in total. The van der Waals surface area contributed by atoms with E-state index in [0.717, 1.165) is 59.4 Å². The van der Waals surface area contributed by atoms with Gasteiger partial charge in [-0.2, -0.15) is 5.10 Å². The van der Waals surface area contributed by atoms with Gasteiger partial charge >= 0.3 is 0 Å². The Hall–Kier alpha value is -2.54. The molecule has 0 unspecified atom stereocenters. The monoisotopic (exact) mass is 352 g/mol. The number of likely N-dealkylation sites (tertiary alicyclic amines) is 1. The molecule has 4 heterocycles. The fourth-order valence-electron chi connectivity index (χ4n) is 3.78. The SMILES string of the molecule is Cc1cc(-c2c(C)noc2C)nc([C@@H]2CCCCN2Cc2ccn[nH]2)n1. The Labute approximate surface area is 152 Å². The van der Waals surface area contributed by atoms with Crippen LogP contribution in [-0.4, -0.2) is 36.8 Å². The van der Waals surface area contributed by atoms with Crippen molar-refractivity contribution in [2.24, 2.45) is 0 Å².